The molecule has 0 amide bonds. The van der Waals surface area contributed by atoms with Gasteiger partial charge in [-0.3, -0.25) is 4.98 Å². The van der Waals surface area contributed by atoms with Gasteiger partial charge in [-0.05, 0) is 38.6 Å². The molecule has 2 aromatic carbocycles. The predicted octanol–water partition coefficient (Wildman–Crippen LogP) is 4.07. The van der Waals surface area contributed by atoms with E-state index in [1.165, 1.54) is 0 Å². The quantitative estimate of drug-likeness (QED) is 0.285. The minimum Gasteiger partial charge on any atom is -0.507 e. The average Bonchev–Trinajstić information content (AvgIpc) is 3.16. The molecule has 0 saturated heterocycles. The number of likely N-dealkylation sites (N-methyl/N-ethyl adjacent to an activating group) is 1. The lowest BCUT2D eigenvalue weighted by Crippen LogP contribution is -2.29. The van der Waals surface area contributed by atoms with Crippen LogP contribution in [-0.4, -0.2) is 42.8 Å². The molecule has 0 aliphatic heterocycles. The molecule has 0 spiro atoms. The first-order valence-electron chi connectivity index (χ1n) is 10.7. The third-order valence-corrected chi connectivity index (χ3v) is 5.57. The summed E-state index contributed by atoms with van der Waals surface area (Å²) in [6, 6.07) is 10.9. The molecule has 32 heavy (non-hydrogen) atoms. The van der Waals surface area contributed by atoms with E-state index in [2.05, 4.69) is 15.6 Å². The normalized spacial score (nSPS) is 12.3. The molecule has 1 unspecified atom stereocenters. The molecule has 3 N–H and O–H groups in total. The van der Waals surface area contributed by atoms with Crippen LogP contribution >= 0.6 is 0 Å². The third kappa shape index (κ3) is 3.81. The van der Waals surface area contributed by atoms with Gasteiger partial charge in [-0.25, -0.2) is 4.79 Å². The minimum atomic E-state index is -0.469. The van der Waals surface area contributed by atoms with Gasteiger partial charge in [-0.1, -0.05) is 24.3 Å². The molecule has 4 aromatic rings. The van der Waals surface area contributed by atoms with Gasteiger partial charge in [0.2, 0.25) is 0 Å². The van der Waals surface area contributed by atoms with E-state index in [0.29, 0.717) is 39.8 Å². The van der Waals surface area contributed by atoms with Crippen LogP contribution in [0.4, 0.5) is 0 Å². The van der Waals surface area contributed by atoms with Crippen molar-refractivity contribution in [2.45, 2.75) is 19.9 Å². The molecule has 0 aliphatic carbocycles. The zero-order valence-electron chi connectivity index (χ0n) is 18.4. The third-order valence-electron chi connectivity index (χ3n) is 5.57. The molecular weight excluding hydrogens is 406 g/mol. The number of aryl methyl sites for hydroxylation is 1. The highest BCUT2D eigenvalue weighted by molar-refractivity contribution is 6.16. The Morgan fingerprint density at radius 3 is 2.56 bits per heavy atom. The molecular formula is C25H27N3O4. The van der Waals surface area contributed by atoms with E-state index in [-0.39, 0.29) is 12.4 Å². The van der Waals surface area contributed by atoms with E-state index < -0.39 is 12.0 Å². The number of phenolic OH excluding ortho intramolecular Hbond substituents is 1. The van der Waals surface area contributed by atoms with Gasteiger partial charge in [0.15, 0.2) is 0 Å². The smallest absolute Gasteiger partial charge is 0.342 e. The maximum absolute atomic E-state index is 13.0. The molecule has 2 aromatic heterocycles. The molecule has 1 atom stereocenters. The summed E-state index contributed by atoms with van der Waals surface area (Å²) in [6.45, 7) is 5.13. The highest BCUT2D eigenvalue weighted by Crippen LogP contribution is 2.45. The number of esters is 1. The van der Waals surface area contributed by atoms with Crippen LogP contribution in [0.1, 0.15) is 40.2 Å². The van der Waals surface area contributed by atoms with E-state index in [1.807, 2.05) is 43.4 Å². The number of carbonyl (C=O) groups is 1. The molecule has 0 aliphatic rings. The number of aromatic hydroxyl groups is 1. The highest BCUT2D eigenvalue weighted by Gasteiger charge is 2.30. The number of phenols is 1. The SMILES string of the molecule is CCOC(=O)c1c(C)oc2c1c(C(NCCNC)c1ccncc1)c(O)c1ccccc12. The topological polar surface area (TPSA) is 96.6 Å². The number of aromatic nitrogens is 1. The number of hydrogen-bond acceptors (Lipinski definition) is 7. The van der Waals surface area contributed by atoms with Crippen LogP contribution in [0.5, 0.6) is 5.75 Å². The number of benzene rings is 2. The number of ether oxygens (including phenoxy) is 1. The van der Waals surface area contributed by atoms with Gasteiger partial charge in [0.1, 0.15) is 22.7 Å². The van der Waals surface area contributed by atoms with Crippen molar-refractivity contribution in [1.29, 1.82) is 0 Å². The predicted molar refractivity (Wildman–Crippen MR) is 124 cm³/mol. The van der Waals surface area contributed by atoms with Crippen LogP contribution in [0, 0.1) is 6.92 Å². The Hall–Kier alpha value is -3.42. The van der Waals surface area contributed by atoms with E-state index in [4.69, 9.17) is 9.15 Å². The Bertz CT molecular complexity index is 1250. The largest absolute Gasteiger partial charge is 0.507 e. The van der Waals surface area contributed by atoms with Crippen LogP contribution in [0.3, 0.4) is 0 Å². The maximum Gasteiger partial charge on any atom is 0.342 e. The Morgan fingerprint density at radius 1 is 1.16 bits per heavy atom. The number of pyridine rings is 1. The number of nitrogens with one attached hydrogen (secondary N) is 2. The fourth-order valence-corrected chi connectivity index (χ4v) is 4.16. The van der Waals surface area contributed by atoms with Crippen molar-refractivity contribution in [2.75, 3.05) is 26.7 Å². The average molecular weight is 434 g/mol. The fourth-order valence-electron chi connectivity index (χ4n) is 4.16. The molecule has 0 radical (unpaired) electrons. The van der Waals surface area contributed by atoms with Crippen LogP contribution in [0.25, 0.3) is 21.7 Å². The lowest BCUT2D eigenvalue weighted by molar-refractivity contribution is 0.0526. The number of hydrogen-bond donors (Lipinski definition) is 3. The summed E-state index contributed by atoms with van der Waals surface area (Å²) in [5.41, 5.74) is 2.40. The second-order valence-corrected chi connectivity index (χ2v) is 7.54. The van der Waals surface area contributed by atoms with Crippen LogP contribution in [-0.2, 0) is 4.74 Å². The summed E-state index contributed by atoms with van der Waals surface area (Å²) in [5, 5.41) is 20.1. The summed E-state index contributed by atoms with van der Waals surface area (Å²) in [7, 11) is 1.88. The van der Waals surface area contributed by atoms with Crippen molar-refractivity contribution in [3.63, 3.8) is 0 Å². The zero-order valence-corrected chi connectivity index (χ0v) is 18.4. The van der Waals surface area contributed by atoms with E-state index in [0.717, 1.165) is 17.5 Å². The van der Waals surface area contributed by atoms with E-state index in [1.54, 1.807) is 26.2 Å². The van der Waals surface area contributed by atoms with Gasteiger partial charge in [-0.2, -0.15) is 0 Å². The summed E-state index contributed by atoms with van der Waals surface area (Å²) < 4.78 is 11.5. The Balaban J connectivity index is 2.08. The highest BCUT2D eigenvalue weighted by atomic mass is 16.5. The van der Waals surface area contributed by atoms with Gasteiger partial charge in [0.05, 0.1) is 12.6 Å². The number of carbonyl (C=O) groups excluding carboxylic acids is 1. The zero-order chi connectivity index (χ0) is 22.7. The van der Waals surface area contributed by atoms with Gasteiger partial charge in [0, 0.05) is 47.2 Å². The summed E-state index contributed by atoms with van der Waals surface area (Å²) >= 11 is 0. The first-order chi connectivity index (χ1) is 15.6. The van der Waals surface area contributed by atoms with Gasteiger partial charge in [0.25, 0.3) is 0 Å². The Morgan fingerprint density at radius 2 is 1.88 bits per heavy atom. The van der Waals surface area contributed by atoms with Crippen molar-refractivity contribution < 1.29 is 19.1 Å². The molecule has 0 saturated carbocycles. The van der Waals surface area contributed by atoms with Crippen LogP contribution < -0.4 is 10.6 Å². The molecule has 166 valence electrons. The van der Waals surface area contributed by atoms with E-state index in [9.17, 15) is 9.90 Å². The van der Waals surface area contributed by atoms with Gasteiger partial charge < -0.3 is 24.9 Å². The second-order valence-electron chi connectivity index (χ2n) is 7.54. The lowest BCUT2D eigenvalue weighted by Gasteiger charge is -2.23. The molecule has 7 nitrogen and oxygen atoms in total. The standard InChI is InChI=1S/C25H27N3O4/c1-4-31-25(30)19-15(2)32-24-18-8-6-5-7-17(18)23(29)21(20(19)24)22(28-14-13-26-3)16-9-11-27-12-10-16/h5-12,22,26,28-29H,4,13-14H2,1-3H3. The van der Waals surface area contributed by atoms with Crippen LogP contribution in [0.15, 0.2) is 53.2 Å². The lowest BCUT2D eigenvalue weighted by atomic mass is 9.90. The Labute approximate surface area is 186 Å². The number of furan rings is 1. The molecule has 4 rings (SSSR count). The molecule has 0 fully saturated rings. The Kier molecular flexibility index (Phi) is 6.39. The van der Waals surface area contributed by atoms with Crippen molar-refractivity contribution in [1.82, 2.24) is 15.6 Å². The molecule has 2 heterocycles. The van der Waals surface area contributed by atoms with Gasteiger partial charge >= 0.3 is 5.97 Å². The molecule has 0 bridgehead atoms. The van der Waals surface area contributed by atoms with Crippen molar-refractivity contribution in [3.05, 3.63) is 71.2 Å². The fraction of sp³-hybridized carbons (Fsp3) is 0.280. The van der Waals surface area contributed by atoms with Gasteiger partial charge in [-0.15, -0.1) is 0 Å². The van der Waals surface area contributed by atoms with Crippen molar-refractivity contribution in [2.24, 2.45) is 0 Å². The maximum atomic E-state index is 13.0. The number of nitrogens with zero attached hydrogens (tertiary/aromatic N) is 1. The first-order valence-corrected chi connectivity index (χ1v) is 10.7. The van der Waals surface area contributed by atoms with Crippen molar-refractivity contribution in [3.8, 4) is 5.75 Å². The van der Waals surface area contributed by atoms with E-state index >= 15 is 0 Å². The second kappa shape index (κ2) is 9.38. The summed E-state index contributed by atoms with van der Waals surface area (Å²) in [4.78, 5) is 17.1. The number of rotatable bonds is 8. The summed E-state index contributed by atoms with van der Waals surface area (Å²) in [5.74, 6) is 0.0979. The summed E-state index contributed by atoms with van der Waals surface area (Å²) in [6.07, 6.45) is 3.43. The monoisotopic (exact) mass is 433 g/mol. The number of fused-ring (bicyclic) bond motifs is 3. The van der Waals surface area contributed by atoms with Crippen LogP contribution in [0.2, 0.25) is 0 Å². The van der Waals surface area contributed by atoms with Crippen molar-refractivity contribution >= 4 is 27.7 Å². The molecule has 7 heteroatoms. The minimum absolute atomic E-state index is 0.109. The first kappa shape index (κ1) is 21.8.